The van der Waals surface area contributed by atoms with Crippen molar-refractivity contribution >= 4 is 5.97 Å². The molecule has 0 aromatic heterocycles. The number of aliphatic hydroxyl groups excluding tert-OH is 8. The van der Waals surface area contributed by atoms with Gasteiger partial charge in [-0.25, -0.2) is 4.79 Å². The third kappa shape index (κ3) is 6.73. The van der Waals surface area contributed by atoms with Crippen LogP contribution in [0.2, 0.25) is 0 Å². The van der Waals surface area contributed by atoms with Gasteiger partial charge in [-0.2, -0.15) is 0 Å². The molecule has 0 spiro atoms. The summed E-state index contributed by atoms with van der Waals surface area (Å²) in [6, 6.07) is 0. The maximum atomic E-state index is 12.6. The Balaban J connectivity index is 1.00. The van der Waals surface area contributed by atoms with E-state index in [-0.39, 0.29) is 29.8 Å². The number of hydrogen-bond acceptors (Lipinski definition) is 14. The molecular formula is C40H62O14. The lowest BCUT2D eigenvalue weighted by Gasteiger charge is -2.60. The molecule has 20 atom stereocenters. The Labute approximate surface area is 317 Å². The van der Waals surface area contributed by atoms with E-state index < -0.39 is 92.2 Å². The maximum absolute atomic E-state index is 12.6. The van der Waals surface area contributed by atoms with Crippen molar-refractivity contribution in [3.8, 4) is 0 Å². The Morgan fingerprint density at radius 3 is 2.20 bits per heavy atom. The summed E-state index contributed by atoms with van der Waals surface area (Å²) < 4.78 is 29.1. The van der Waals surface area contributed by atoms with Gasteiger partial charge in [0.1, 0.15) is 54.9 Å². The molecule has 7 aliphatic rings. The molecular weight excluding hydrogens is 704 g/mol. The second-order valence-electron chi connectivity index (χ2n) is 18.0. The van der Waals surface area contributed by atoms with Crippen LogP contribution in [0.1, 0.15) is 86.0 Å². The number of ether oxygens (including phenoxy) is 5. The molecule has 54 heavy (non-hydrogen) atoms. The number of hydrogen-bond donors (Lipinski definition) is 8. The average molecular weight is 767 g/mol. The highest BCUT2D eigenvalue weighted by Crippen LogP contribution is 2.67. The van der Waals surface area contributed by atoms with Crippen LogP contribution in [0.15, 0.2) is 22.8 Å². The minimum Gasteiger partial charge on any atom is -0.458 e. The van der Waals surface area contributed by atoms with Crippen molar-refractivity contribution in [2.75, 3.05) is 13.2 Å². The third-order valence-corrected chi connectivity index (χ3v) is 15.4. The number of fused-ring (bicyclic) bond motifs is 5. The Bertz CT molecular complexity index is 1450. The van der Waals surface area contributed by atoms with Crippen molar-refractivity contribution < 1.29 is 69.3 Å². The number of cyclic esters (lactones) is 1. The first-order valence-electron chi connectivity index (χ1n) is 20.0. The van der Waals surface area contributed by atoms with Crippen LogP contribution in [0.5, 0.6) is 0 Å². The van der Waals surface area contributed by atoms with Crippen LogP contribution in [0.3, 0.4) is 0 Å². The van der Waals surface area contributed by atoms with Crippen LogP contribution in [-0.2, 0) is 28.5 Å². The number of carbonyl (C=O) groups is 1. The van der Waals surface area contributed by atoms with Crippen LogP contribution in [0.4, 0.5) is 0 Å². The van der Waals surface area contributed by atoms with Crippen LogP contribution in [0.25, 0.3) is 0 Å². The molecule has 1 unspecified atom stereocenters. The largest absolute Gasteiger partial charge is 0.458 e. The van der Waals surface area contributed by atoms with E-state index in [1.54, 1.807) is 0 Å². The highest BCUT2D eigenvalue weighted by molar-refractivity contribution is 5.89. The van der Waals surface area contributed by atoms with E-state index in [1.165, 1.54) is 0 Å². The zero-order valence-corrected chi connectivity index (χ0v) is 32.1. The molecule has 14 nitrogen and oxygen atoms in total. The lowest BCUT2D eigenvalue weighted by atomic mass is 9.46. The van der Waals surface area contributed by atoms with Crippen LogP contribution in [0, 0.1) is 40.4 Å². The summed E-state index contributed by atoms with van der Waals surface area (Å²) in [5.74, 6) is 1.72. The van der Waals surface area contributed by atoms with E-state index in [9.17, 15) is 45.6 Å². The second-order valence-corrected chi connectivity index (χ2v) is 18.0. The van der Waals surface area contributed by atoms with E-state index in [0.717, 1.165) is 55.2 Å². The number of esters is 1. The zero-order valence-electron chi connectivity index (χ0n) is 32.1. The van der Waals surface area contributed by atoms with Gasteiger partial charge < -0.3 is 64.5 Å². The first kappa shape index (κ1) is 40.7. The normalized spacial score (nSPS) is 51.5. The average Bonchev–Trinajstić information content (AvgIpc) is 3.50. The SMILES string of the molecule is CC1=C(C)C(=O)OC([C@@H](C)[C@H]2CC[C@H]3[C@@H]4CC=C5C[C@@H](O[C@@H]6O[C@H](CO[C@@H]7O[C@H](CO)[C@@H](O)[C@H](O)[C@H]7O)[C@@H](O)[C@H](O)[C@H]6O)C[C@H](O)[C@]5(C)[C@H]4CC[C@]23C)C1. The molecule has 0 amide bonds. The van der Waals surface area contributed by atoms with Crippen molar-refractivity contribution in [1.82, 2.24) is 0 Å². The molecule has 4 aliphatic carbocycles. The molecule has 5 fully saturated rings. The van der Waals surface area contributed by atoms with E-state index in [1.807, 2.05) is 13.8 Å². The first-order valence-corrected chi connectivity index (χ1v) is 20.0. The highest BCUT2D eigenvalue weighted by Gasteiger charge is 2.62. The number of aliphatic hydroxyl groups is 8. The van der Waals surface area contributed by atoms with Gasteiger partial charge in [0.2, 0.25) is 0 Å². The summed E-state index contributed by atoms with van der Waals surface area (Å²) in [4.78, 5) is 12.6. The van der Waals surface area contributed by atoms with Gasteiger partial charge in [0, 0.05) is 23.8 Å². The molecule has 3 saturated carbocycles. The molecule has 0 aromatic rings. The Hall–Kier alpha value is -1.53. The molecule has 14 heteroatoms. The fraction of sp³-hybridized carbons (Fsp3) is 0.875. The molecule has 0 aromatic carbocycles. The van der Waals surface area contributed by atoms with Gasteiger partial charge in [0.05, 0.1) is 25.4 Å². The lowest BCUT2D eigenvalue weighted by Crippen LogP contribution is -2.62. The Morgan fingerprint density at radius 2 is 1.52 bits per heavy atom. The minimum atomic E-state index is -1.67. The molecule has 8 N–H and O–H groups in total. The fourth-order valence-corrected chi connectivity index (χ4v) is 11.9. The van der Waals surface area contributed by atoms with Crippen molar-refractivity contribution in [2.24, 2.45) is 40.4 Å². The number of carbonyl (C=O) groups excluding carboxylic acids is 1. The summed E-state index contributed by atoms with van der Waals surface area (Å²) in [6.45, 7) is 9.70. The monoisotopic (exact) mass is 766 g/mol. The lowest BCUT2D eigenvalue weighted by molar-refractivity contribution is -0.337. The van der Waals surface area contributed by atoms with Gasteiger partial charge in [-0.15, -0.1) is 0 Å². The summed E-state index contributed by atoms with van der Waals surface area (Å²) >= 11 is 0. The summed E-state index contributed by atoms with van der Waals surface area (Å²) in [7, 11) is 0. The van der Waals surface area contributed by atoms with Gasteiger partial charge in [-0.1, -0.05) is 38.0 Å². The van der Waals surface area contributed by atoms with Crippen LogP contribution in [-0.4, -0.2) is 140 Å². The maximum Gasteiger partial charge on any atom is 0.333 e. The van der Waals surface area contributed by atoms with Gasteiger partial charge in [-0.05, 0) is 87.4 Å². The molecule has 306 valence electrons. The molecule has 0 radical (unpaired) electrons. The van der Waals surface area contributed by atoms with Gasteiger partial charge in [0.25, 0.3) is 0 Å². The molecule has 3 aliphatic heterocycles. The van der Waals surface area contributed by atoms with Crippen molar-refractivity contribution in [1.29, 1.82) is 0 Å². The minimum absolute atomic E-state index is 0.103. The molecule has 7 rings (SSSR count). The van der Waals surface area contributed by atoms with Crippen LogP contribution >= 0.6 is 0 Å². The molecule has 3 heterocycles. The Kier molecular flexibility index (Phi) is 11.5. The highest BCUT2D eigenvalue weighted by atomic mass is 16.7. The summed E-state index contributed by atoms with van der Waals surface area (Å²) in [5.41, 5.74) is 2.65. The van der Waals surface area contributed by atoms with E-state index in [4.69, 9.17) is 23.7 Å². The fourth-order valence-electron chi connectivity index (χ4n) is 11.9. The zero-order chi connectivity index (χ0) is 39.0. The van der Waals surface area contributed by atoms with Crippen molar-refractivity contribution in [3.63, 3.8) is 0 Å². The molecule has 2 saturated heterocycles. The van der Waals surface area contributed by atoms with E-state index in [2.05, 4.69) is 26.8 Å². The van der Waals surface area contributed by atoms with Crippen molar-refractivity contribution in [3.05, 3.63) is 22.8 Å². The number of rotatable bonds is 8. The quantitative estimate of drug-likeness (QED) is 0.127. The van der Waals surface area contributed by atoms with Crippen molar-refractivity contribution in [2.45, 2.75) is 166 Å². The Morgan fingerprint density at radius 1 is 0.852 bits per heavy atom. The predicted molar refractivity (Wildman–Crippen MR) is 190 cm³/mol. The van der Waals surface area contributed by atoms with E-state index >= 15 is 0 Å². The first-order chi connectivity index (χ1) is 25.5. The summed E-state index contributed by atoms with van der Waals surface area (Å²) in [6.07, 6.45) is -7.38. The predicted octanol–water partition coefficient (Wildman–Crippen LogP) is 0.834. The summed E-state index contributed by atoms with van der Waals surface area (Å²) in [5, 5.41) is 84.3. The van der Waals surface area contributed by atoms with Gasteiger partial charge in [-0.3, -0.25) is 0 Å². The molecule has 0 bridgehead atoms. The standard InChI is InChI=1S/C40H62O14/c1-17-12-26(52-36(49)18(17)2)19(3)23-8-9-24-22-7-6-20-13-21(14-29(42)40(20,5)25(22)10-11-39(23,24)4)51-38-35(48)33(46)31(44)28(54-38)16-50-37-34(47)32(45)30(43)27(15-41)53-37/h6,19,21-35,37-38,41-48H,7-16H2,1-5H3/t19-,21+,22-,23+,24-,25-,26?,27+,28+,29-,30+,31+,32-,33-,34+,35+,37+,38+,39+,40-/m0/s1. The smallest absolute Gasteiger partial charge is 0.333 e. The number of allylic oxidation sites excluding steroid dienone is 1. The topological polar surface area (TPSA) is 225 Å². The third-order valence-electron chi connectivity index (χ3n) is 15.4. The van der Waals surface area contributed by atoms with E-state index in [0.29, 0.717) is 30.1 Å². The second kappa shape index (κ2) is 15.3. The van der Waals surface area contributed by atoms with Gasteiger partial charge in [0.15, 0.2) is 12.6 Å². The van der Waals surface area contributed by atoms with Crippen LogP contribution < -0.4 is 0 Å². The van der Waals surface area contributed by atoms with Gasteiger partial charge >= 0.3 is 5.97 Å².